The third-order valence-corrected chi connectivity index (χ3v) is 4.58. The number of aromatic nitrogens is 1. The van der Waals surface area contributed by atoms with Gasteiger partial charge in [-0.3, -0.25) is 9.59 Å². The molecule has 0 radical (unpaired) electrons. The molecule has 3 aromatic carbocycles. The molecule has 28 heavy (non-hydrogen) atoms. The molecule has 2 N–H and O–H groups in total. The smallest absolute Gasteiger partial charge is 0.260 e. The summed E-state index contributed by atoms with van der Waals surface area (Å²) in [7, 11) is 0. The molecule has 4 heteroatoms. The molecule has 0 aliphatic carbocycles. The Morgan fingerprint density at radius 1 is 0.714 bits per heavy atom. The second-order valence-corrected chi connectivity index (χ2v) is 6.35. The predicted molar refractivity (Wildman–Crippen MR) is 109 cm³/mol. The van der Waals surface area contributed by atoms with Crippen LogP contribution in [0.1, 0.15) is 15.9 Å². The maximum absolute atomic E-state index is 13.3. The monoisotopic (exact) mass is 367 g/mol. The van der Waals surface area contributed by atoms with E-state index in [1.165, 1.54) is 0 Å². The van der Waals surface area contributed by atoms with Crippen LogP contribution in [-0.2, 0) is 0 Å². The lowest BCUT2D eigenvalue weighted by molar-refractivity contribution is 0.103. The van der Waals surface area contributed by atoms with Gasteiger partial charge in [0.1, 0.15) is 5.75 Å². The van der Waals surface area contributed by atoms with E-state index in [-0.39, 0.29) is 22.7 Å². The highest BCUT2D eigenvalue weighted by Gasteiger charge is 2.25. The fraction of sp³-hybridized carbons (Fsp3) is 0. The number of ketones is 1. The van der Waals surface area contributed by atoms with Crippen LogP contribution in [0.25, 0.3) is 22.4 Å². The Bertz CT molecular complexity index is 1180. The molecular weight excluding hydrogens is 350 g/mol. The van der Waals surface area contributed by atoms with Gasteiger partial charge in [-0.2, -0.15) is 0 Å². The topological polar surface area (TPSA) is 70.2 Å². The molecule has 0 atom stereocenters. The summed E-state index contributed by atoms with van der Waals surface area (Å²) in [6.45, 7) is 0. The van der Waals surface area contributed by atoms with Gasteiger partial charge in [0.2, 0.25) is 0 Å². The molecule has 0 unspecified atom stereocenters. The quantitative estimate of drug-likeness (QED) is 0.516. The van der Waals surface area contributed by atoms with Gasteiger partial charge in [0.15, 0.2) is 5.78 Å². The van der Waals surface area contributed by atoms with Gasteiger partial charge in [-0.25, -0.2) is 0 Å². The van der Waals surface area contributed by atoms with E-state index in [1.54, 1.807) is 60.7 Å². The van der Waals surface area contributed by atoms with Crippen molar-refractivity contribution >= 4 is 5.78 Å². The summed E-state index contributed by atoms with van der Waals surface area (Å²) in [5.41, 5.74) is 1.64. The number of rotatable bonds is 4. The summed E-state index contributed by atoms with van der Waals surface area (Å²) in [5, 5.41) is 11.1. The van der Waals surface area contributed by atoms with Gasteiger partial charge in [-0.15, -0.1) is 0 Å². The van der Waals surface area contributed by atoms with Crippen molar-refractivity contribution in [1.82, 2.24) is 4.98 Å². The standard InChI is InChI=1S/C24H17NO3/c26-22(18-14-8-3-9-15-18)20-21(17-12-6-2-7-13-17)25-24(28)19(23(20)27)16-10-4-1-5-11-16/h1-15H,(H2,25,27,28). The van der Waals surface area contributed by atoms with Crippen LogP contribution in [0.5, 0.6) is 5.75 Å². The van der Waals surface area contributed by atoms with E-state index >= 15 is 0 Å². The first-order chi connectivity index (χ1) is 13.7. The third kappa shape index (κ3) is 3.12. The maximum Gasteiger partial charge on any atom is 0.260 e. The highest BCUT2D eigenvalue weighted by Crippen LogP contribution is 2.35. The average molecular weight is 367 g/mol. The molecule has 0 aliphatic rings. The molecule has 1 heterocycles. The van der Waals surface area contributed by atoms with Gasteiger partial charge < -0.3 is 10.1 Å². The van der Waals surface area contributed by atoms with Crippen molar-refractivity contribution in [2.45, 2.75) is 0 Å². The molecule has 4 aromatic rings. The van der Waals surface area contributed by atoms with Gasteiger partial charge in [-0.1, -0.05) is 91.0 Å². The molecule has 4 nitrogen and oxygen atoms in total. The van der Waals surface area contributed by atoms with Crippen LogP contribution < -0.4 is 5.56 Å². The largest absolute Gasteiger partial charge is 0.506 e. The van der Waals surface area contributed by atoms with Gasteiger partial charge in [0.05, 0.1) is 16.8 Å². The van der Waals surface area contributed by atoms with E-state index in [0.29, 0.717) is 22.4 Å². The summed E-state index contributed by atoms with van der Waals surface area (Å²) in [5.74, 6) is -0.673. The number of hydrogen-bond donors (Lipinski definition) is 2. The van der Waals surface area contributed by atoms with Crippen LogP contribution in [0.3, 0.4) is 0 Å². The van der Waals surface area contributed by atoms with Crippen LogP contribution in [0, 0.1) is 0 Å². The molecule has 1 aromatic heterocycles. The SMILES string of the molecule is O=C(c1ccccc1)c1c(-c2ccccc2)[nH]c(=O)c(-c2ccccc2)c1O. The molecule has 136 valence electrons. The number of benzene rings is 3. The highest BCUT2D eigenvalue weighted by molar-refractivity contribution is 6.15. The van der Waals surface area contributed by atoms with Crippen molar-refractivity contribution in [2.75, 3.05) is 0 Å². The second-order valence-electron chi connectivity index (χ2n) is 6.35. The zero-order valence-electron chi connectivity index (χ0n) is 14.9. The molecule has 0 saturated heterocycles. The number of carbonyl (C=O) groups is 1. The molecule has 0 spiro atoms. The Kier molecular flexibility index (Phi) is 4.60. The van der Waals surface area contributed by atoms with E-state index in [4.69, 9.17) is 0 Å². The van der Waals surface area contributed by atoms with E-state index in [9.17, 15) is 14.7 Å². The Hall–Kier alpha value is -3.92. The predicted octanol–water partition coefficient (Wildman–Crippen LogP) is 4.65. The van der Waals surface area contributed by atoms with Crippen LogP contribution in [0.2, 0.25) is 0 Å². The first-order valence-corrected chi connectivity index (χ1v) is 8.86. The Morgan fingerprint density at radius 3 is 1.79 bits per heavy atom. The minimum atomic E-state index is -0.452. The zero-order valence-corrected chi connectivity index (χ0v) is 14.9. The van der Waals surface area contributed by atoms with E-state index < -0.39 is 5.56 Å². The average Bonchev–Trinajstić information content (AvgIpc) is 2.75. The Labute approximate surface area is 161 Å². The number of nitrogens with one attached hydrogen (secondary N) is 1. The molecule has 0 fully saturated rings. The lowest BCUT2D eigenvalue weighted by atomic mass is 9.93. The number of aromatic amines is 1. The molecule has 0 aliphatic heterocycles. The Morgan fingerprint density at radius 2 is 1.21 bits per heavy atom. The number of carbonyl (C=O) groups excluding carboxylic acids is 1. The van der Waals surface area contributed by atoms with Gasteiger partial charge in [0, 0.05) is 5.56 Å². The Balaban J connectivity index is 2.03. The van der Waals surface area contributed by atoms with Crippen molar-refractivity contribution in [2.24, 2.45) is 0 Å². The van der Waals surface area contributed by atoms with Gasteiger partial charge >= 0.3 is 0 Å². The van der Waals surface area contributed by atoms with E-state index in [1.807, 2.05) is 30.3 Å². The fourth-order valence-corrected chi connectivity index (χ4v) is 3.24. The maximum atomic E-state index is 13.3. The van der Waals surface area contributed by atoms with Gasteiger partial charge in [0.25, 0.3) is 5.56 Å². The minimum absolute atomic E-state index is 0.0795. The molecule has 4 rings (SSSR count). The molecule has 0 saturated carbocycles. The first kappa shape index (κ1) is 17.5. The fourth-order valence-electron chi connectivity index (χ4n) is 3.24. The summed E-state index contributed by atoms with van der Waals surface area (Å²) >= 11 is 0. The van der Waals surface area contributed by atoms with Crippen LogP contribution >= 0.6 is 0 Å². The van der Waals surface area contributed by atoms with Crippen LogP contribution in [-0.4, -0.2) is 15.9 Å². The molecule has 0 amide bonds. The number of aromatic hydroxyl groups is 1. The lowest BCUT2D eigenvalue weighted by Gasteiger charge is -2.14. The minimum Gasteiger partial charge on any atom is -0.506 e. The van der Waals surface area contributed by atoms with E-state index in [0.717, 1.165) is 0 Å². The summed E-state index contributed by atoms with van der Waals surface area (Å²) in [6.07, 6.45) is 0. The normalized spacial score (nSPS) is 10.6. The zero-order chi connectivity index (χ0) is 19.5. The van der Waals surface area contributed by atoms with Crippen molar-refractivity contribution < 1.29 is 9.90 Å². The second kappa shape index (κ2) is 7.37. The number of hydrogen-bond acceptors (Lipinski definition) is 3. The van der Waals surface area contributed by atoms with Gasteiger partial charge in [-0.05, 0) is 11.1 Å². The van der Waals surface area contributed by atoms with Crippen molar-refractivity contribution in [3.05, 3.63) is 112 Å². The van der Waals surface area contributed by atoms with Crippen molar-refractivity contribution in [3.63, 3.8) is 0 Å². The first-order valence-electron chi connectivity index (χ1n) is 8.86. The third-order valence-electron chi connectivity index (χ3n) is 4.58. The van der Waals surface area contributed by atoms with Crippen molar-refractivity contribution in [3.8, 4) is 28.1 Å². The number of H-pyrrole nitrogens is 1. The molecular formula is C24H17NO3. The summed E-state index contributed by atoms with van der Waals surface area (Å²) < 4.78 is 0. The van der Waals surface area contributed by atoms with Crippen molar-refractivity contribution in [1.29, 1.82) is 0 Å². The highest BCUT2D eigenvalue weighted by atomic mass is 16.3. The summed E-state index contributed by atoms with van der Waals surface area (Å²) in [6, 6.07) is 26.6. The summed E-state index contributed by atoms with van der Waals surface area (Å²) in [4.78, 5) is 28.9. The number of pyridine rings is 1. The molecule has 0 bridgehead atoms. The van der Waals surface area contributed by atoms with E-state index in [2.05, 4.69) is 4.98 Å². The lowest BCUT2D eigenvalue weighted by Crippen LogP contribution is -2.16. The van der Waals surface area contributed by atoms with Crippen LogP contribution in [0.4, 0.5) is 0 Å². The van der Waals surface area contributed by atoms with Crippen LogP contribution in [0.15, 0.2) is 95.8 Å².